The summed E-state index contributed by atoms with van der Waals surface area (Å²) in [6.45, 7) is 6.41. The van der Waals surface area contributed by atoms with E-state index in [1.807, 2.05) is 18.3 Å². The molecule has 2 rings (SSSR count). The maximum atomic E-state index is 12.7. The average Bonchev–Trinajstić information content (AvgIpc) is 3.05. The summed E-state index contributed by atoms with van der Waals surface area (Å²) < 4.78 is 29.6. The highest BCUT2D eigenvalue weighted by Gasteiger charge is 2.25. The van der Waals surface area contributed by atoms with Crippen molar-refractivity contribution in [2.24, 2.45) is 0 Å². The molecule has 0 saturated carbocycles. The highest BCUT2D eigenvalue weighted by atomic mass is 32.2. The van der Waals surface area contributed by atoms with Crippen molar-refractivity contribution in [2.75, 3.05) is 31.6 Å². The Bertz CT molecular complexity index is 838. The van der Waals surface area contributed by atoms with Crippen LogP contribution in [-0.2, 0) is 15.6 Å². The van der Waals surface area contributed by atoms with Crippen LogP contribution >= 0.6 is 0 Å². The third-order valence-electron chi connectivity index (χ3n) is 4.00. The lowest BCUT2D eigenvalue weighted by Gasteiger charge is -2.27. The molecule has 0 amide bonds. The van der Waals surface area contributed by atoms with Crippen molar-refractivity contribution in [1.82, 2.24) is 14.1 Å². The zero-order chi connectivity index (χ0) is 19.5. The van der Waals surface area contributed by atoms with E-state index in [0.29, 0.717) is 12.1 Å². The van der Waals surface area contributed by atoms with E-state index >= 15 is 0 Å². The number of rotatable bonds is 7. The van der Waals surface area contributed by atoms with E-state index in [2.05, 4.69) is 25.9 Å². The summed E-state index contributed by atoms with van der Waals surface area (Å²) in [7, 11) is -0.667. The van der Waals surface area contributed by atoms with Crippen LogP contribution in [0.2, 0.25) is 0 Å². The van der Waals surface area contributed by atoms with Gasteiger partial charge in [0.05, 0.1) is 17.1 Å². The Labute approximate surface area is 156 Å². The minimum atomic E-state index is -3.66. The summed E-state index contributed by atoms with van der Waals surface area (Å²) in [6.07, 6.45) is 2.23. The van der Waals surface area contributed by atoms with Gasteiger partial charge in [0.1, 0.15) is 0 Å². The molecule has 26 heavy (non-hydrogen) atoms. The molecule has 144 valence electrons. The number of nitrogens with zero attached hydrogens (tertiary/aromatic N) is 4. The van der Waals surface area contributed by atoms with Gasteiger partial charge < -0.3 is 5.11 Å². The molecule has 0 unspecified atom stereocenters. The average molecular weight is 381 g/mol. The van der Waals surface area contributed by atoms with Crippen molar-refractivity contribution in [3.63, 3.8) is 0 Å². The van der Waals surface area contributed by atoms with E-state index in [9.17, 15) is 8.42 Å². The van der Waals surface area contributed by atoms with E-state index < -0.39 is 10.2 Å². The molecule has 1 N–H and O–H groups in total. The van der Waals surface area contributed by atoms with Crippen LogP contribution in [0.5, 0.6) is 0 Å². The number of aliphatic hydroxyl groups excluding tert-OH is 1. The molecule has 8 heteroatoms. The molecule has 0 atom stereocenters. The molecule has 0 aliphatic heterocycles. The van der Waals surface area contributed by atoms with Crippen molar-refractivity contribution in [1.29, 1.82) is 0 Å². The van der Waals surface area contributed by atoms with Crippen molar-refractivity contribution >= 4 is 15.9 Å². The van der Waals surface area contributed by atoms with Crippen molar-refractivity contribution in [3.8, 4) is 5.69 Å². The molecule has 1 heterocycles. The normalized spacial score (nSPS) is 12.6. The highest BCUT2D eigenvalue weighted by Crippen LogP contribution is 2.25. The van der Waals surface area contributed by atoms with E-state index in [-0.39, 0.29) is 18.6 Å². The summed E-state index contributed by atoms with van der Waals surface area (Å²) in [6, 6.07) is 9.19. The Morgan fingerprint density at radius 2 is 1.88 bits per heavy atom. The first kappa shape index (κ1) is 20.4. The summed E-state index contributed by atoms with van der Waals surface area (Å²) in [5.41, 5.74) is 2.21. The lowest BCUT2D eigenvalue weighted by atomic mass is 9.93. The molecule has 0 aliphatic rings. The number of hydrogen-bond acceptors (Lipinski definition) is 4. The van der Waals surface area contributed by atoms with Crippen LogP contribution in [0.4, 0.5) is 5.69 Å². The molecule has 0 fully saturated rings. The number of aromatic nitrogens is 2. The first-order valence-electron chi connectivity index (χ1n) is 8.55. The lowest BCUT2D eigenvalue weighted by molar-refractivity contribution is 0.291. The molecule has 1 aromatic carbocycles. The first-order chi connectivity index (χ1) is 12.1. The predicted octanol–water partition coefficient (Wildman–Crippen LogP) is 2.17. The van der Waals surface area contributed by atoms with Crippen LogP contribution in [0.15, 0.2) is 36.5 Å². The van der Waals surface area contributed by atoms with Crippen LogP contribution in [0.1, 0.15) is 32.9 Å². The third kappa shape index (κ3) is 4.44. The monoisotopic (exact) mass is 380 g/mol. The maximum Gasteiger partial charge on any atom is 0.303 e. The van der Waals surface area contributed by atoms with Gasteiger partial charge in [-0.15, -0.1) is 0 Å². The second-order valence-electron chi connectivity index (χ2n) is 7.35. The molecule has 1 aromatic heterocycles. The summed E-state index contributed by atoms with van der Waals surface area (Å²) >= 11 is 0. The fraction of sp³-hybridized carbons (Fsp3) is 0.500. The van der Waals surface area contributed by atoms with Gasteiger partial charge in [0.15, 0.2) is 0 Å². The van der Waals surface area contributed by atoms with Crippen molar-refractivity contribution in [3.05, 3.63) is 42.2 Å². The Morgan fingerprint density at radius 3 is 2.42 bits per heavy atom. The van der Waals surface area contributed by atoms with Gasteiger partial charge in [0.25, 0.3) is 0 Å². The Morgan fingerprint density at radius 1 is 1.19 bits per heavy atom. The molecule has 2 aromatic rings. The van der Waals surface area contributed by atoms with Gasteiger partial charge in [0, 0.05) is 38.9 Å². The van der Waals surface area contributed by atoms with Crippen LogP contribution in [0.3, 0.4) is 0 Å². The number of aliphatic hydroxyl groups is 1. The lowest BCUT2D eigenvalue weighted by Crippen LogP contribution is -2.41. The highest BCUT2D eigenvalue weighted by molar-refractivity contribution is 7.90. The Kier molecular flexibility index (Phi) is 6.10. The van der Waals surface area contributed by atoms with Gasteiger partial charge >= 0.3 is 10.2 Å². The van der Waals surface area contributed by atoms with Crippen molar-refractivity contribution < 1.29 is 13.5 Å². The van der Waals surface area contributed by atoms with E-state index in [0.717, 1.165) is 11.4 Å². The predicted molar refractivity (Wildman–Crippen MR) is 104 cm³/mol. The van der Waals surface area contributed by atoms with Crippen LogP contribution in [0.25, 0.3) is 5.69 Å². The smallest absolute Gasteiger partial charge is 0.303 e. The summed E-state index contributed by atoms with van der Waals surface area (Å²) in [5.74, 6) is 0. The summed E-state index contributed by atoms with van der Waals surface area (Å²) in [5, 5.41) is 13.7. The summed E-state index contributed by atoms with van der Waals surface area (Å²) in [4.78, 5) is 0. The van der Waals surface area contributed by atoms with Gasteiger partial charge in [0.2, 0.25) is 0 Å². The zero-order valence-corrected chi connectivity index (χ0v) is 16.9. The maximum absolute atomic E-state index is 12.7. The Hall–Kier alpha value is -1.90. The van der Waals surface area contributed by atoms with Crippen LogP contribution in [-0.4, -0.2) is 54.9 Å². The minimum Gasteiger partial charge on any atom is -0.396 e. The van der Waals surface area contributed by atoms with Crippen LogP contribution < -0.4 is 4.31 Å². The van der Waals surface area contributed by atoms with Crippen molar-refractivity contribution in [2.45, 2.75) is 32.6 Å². The Balaban J connectivity index is 2.43. The SMILES string of the molecule is CN(C)S(=O)(=O)N(CCCO)c1cccc(-n2ccc(C(C)(C)C)n2)c1. The molecule has 0 radical (unpaired) electrons. The molecule has 7 nitrogen and oxygen atoms in total. The second kappa shape index (κ2) is 7.77. The quantitative estimate of drug-likeness (QED) is 0.798. The first-order valence-corrected chi connectivity index (χ1v) is 9.94. The van der Waals surface area contributed by atoms with Crippen LogP contribution in [0, 0.1) is 0 Å². The zero-order valence-electron chi connectivity index (χ0n) is 16.0. The van der Waals surface area contributed by atoms with Gasteiger partial charge in [-0.1, -0.05) is 26.8 Å². The van der Waals surface area contributed by atoms with Gasteiger partial charge in [-0.2, -0.15) is 17.8 Å². The van der Waals surface area contributed by atoms with E-state index in [1.165, 1.54) is 22.7 Å². The standard InChI is InChI=1S/C18H28N4O3S/c1-18(2,3)17-10-12-21(19-17)15-8-6-9-16(14-15)22(11-7-13-23)26(24,25)20(4)5/h6,8-10,12,14,23H,7,11,13H2,1-5H3. The fourth-order valence-electron chi connectivity index (χ4n) is 2.45. The molecule has 0 saturated heterocycles. The molecule has 0 aliphatic carbocycles. The van der Waals surface area contributed by atoms with E-state index in [1.54, 1.807) is 22.9 Å². The van der Waals surface area contributed by atoms with E-state index in [4.69, 9.17) is 5.11 Å². The number of anilines is 1. The largest absolute Gasteiger partial charge is 0.396 e. The minimum absolute atomic E-state index is 0.0652. The topological polar surface area (TPSA) is 78.7 Å². The fourth-order valence-corrected chi connectivity index (χ4v) is 3.58. The molecule has 0 bridgehead atoms. The van der Waals surface area contributed by atoms with Gasteiger partial charge in [-0.3, -0.25) is 4.31 Å². The number of hydrogen-bond donors (Lipinski definition) is 1. The molecular weight excluding hydrogens is 352 g/mol. The second-order valence-corrected chi connectivity index (χ2v) is 9.42. The molecular formula is C18H28N4O3S. The third-order valence-corrected chi connectivity index (χ3v) is 5.87. The van der Waals surface area contributed by atoms with Gasteiger partial charge in [-0.05, 0) is 30.7 Å². The van der Waals surface area contributed by atoms with Gasteiger partial charge in [-0.25, -0.2) is 4.68 Å². The number of benzene rings is 1. The molecule has 0 spiro atoms.